The normalized spacial score (nSPS) is 19.1. The zero-order chi connectivity index (χ0) is 13.0. The van der Waals surface area contributed by atoms with Gasteiger partial charge in [-0.15, -0.1) is 0 Å². The number of anilines is 2. The maximum absolute atomic E-state index is 11.8. The number of likely N-dealkylation sites (N-methyl/N-ethyl adjacent to an activating group) is 1. The summed E-state index contributed by atoms with van der Waals surface area (Å²) in [4.78, 5) is 22.0. The van der Waals surface area contributed by atoms with Crippen molar-refractivity contribution in [3.05, 3.63) is 12.3 Å². The van der Waals surface area contributed by atoms with Gasteiger partial charge >= 0.3 is 0 Å². The minimum atomic E-state index is -0.163. The van der Waals surface area contributed by atoms with Gasteiger partial charge in [0.2, 0.25) is 11.9 Å². The van der Waals surface area contributed by atoms with E-state index in [1.165, 1.54) is 0 Å². The van der Waals surface area contributed by atoms with Crippen LogP contribution in [-0.2, 0) is 4.79 Å². The van der Waals surface area contributed by atoms with E-state index in [1.54, 1.807) is 17.2 Å². The fourth-order valence-corrected chi connectivity index (χ4v) is 1.90. The standard InChI is InChI=1S/C12H19N5O/c1-3-6-13-12-14-7-4-10(16-12)15-9-5-8-17(2)11(9)18/h4,7,9H,3,5-6,8H2,1-2H3,(H2,13,14,15,16). The molecule has 2 heterocycles. The van der Waals surface area contributed by atoms with E-state index in [4.69, 9.17) is 0 Å². The molecule has 1 fully saturated rings. The fraction of sp³-hybridized carbons (Fsp3) is 0.583. The number of carbonyl (C=O) groups is 1. The predicted octanol–water partition coefficient (Wildman–Crippen LogP) is 0.941. The molecule has 0 aromatic carbocycles. The Morgan fingerprint density at radius 1 is 1.56 bits per heavy atom. The Bertz CT molecular complexity index is 423. The minimum Gasteiger partial charge on any atom is -0.358 e. The number of hydrogen-bond donors (Lipinski definition) is 2. The number of hydrogen-bond acceptors (Lipinski definition) is 5. The highest BCUT2D eigenvalue weighted by molar-refractivity contribution is 5.86. The molecular weight excluding hydrogens is 230 g/mol. The second-order valence-electron chi connectivity index (χ2n) is 4.44. The molecule has 1 atom stereocenters. The molecule has 0 radical (unpaired) electrons. The first-order chi connectivity index (χ1) is 8.70. The molecule has 6 nitrogen and oxygen atoms in total. The summed E-state index contributed by atoms with van der Waals surface area (Å²) in [7, 11) is 1.82. The molecule has 1 aromatic rings. The van der Waals surface area contributed by atoms with Crippen molar-refractivity contribution in [2.75, 3.05) is 30.8 Å². The van der Waals surface area contributed by atoms with E-state index in [1.807, 2.05) is 7.05 Å². The van der Waals surface area contributed by atoms with Crippen LogP contribution in [0.4, 0.5) is 11.8 Å². The van der Waals surface area contributed by atoms with Gasteiger partial charge in [0.1, 0.15) is 11.9 Å². The average molecular weight is 249 g/mol. The summed E-state index contributed by atoms with van der Waals surface area (Å²) in [5.41, 5.74) is 0. The molecule has 98 valence electrons. The van der Waals surface area contributed by atoms with Crippen molar-refractivity contribution in [3.8, 4) is 0 Å². The van der Waals surface area contributed by atoms with Gasteiger partial charge in [-0.3, -0.25) is 4.79 Å². The molecule has 1 aliphatic rings. The lowest BCUT2D eigenvalue weighted by Gasteiger charge is -2.13. The third-order valence-corrected chi connectivity index (χ3v) is 2.94. The van der Waals surface area contributed by atoms with Crippen LogP contribution in [0.5, 0.6) is 0 Å². The maximum atomic E-state index is 11.8. The topological polar surface area (TPSA) is 70.2 Å². The summed E-state index contributed by atoms with van der Waals surface area (Å²) in [6.45, 7) is 3.72. The number of amides is 1. The number of carbonyl (C=O) groups excluding carboxylic acids is 1. The molecule has 0 spiro atoms. The Morgan fingerprint density at radius 3 is 3.06 bits per heavy atom. The van der Waals surface area contributed by atoms with E-state index in [2.05, 4.69) is 27.5 Å². The molecular formula is C12H19N5O. The molecule has 18 heavy (non-hydrogen) atoms. The zero-order valence-corrected chi connectivity index (χ0v) is 10.8. The highest BCUT2D eigenvalue weighted by Gasteiger charge is 2.28. The predicted molar refractivity (Wildman–Crippen MR) is 70.5 cm³/mol. The van der Waals surface area contributed by atoms with Crippen LogP contribution in [0, 0.1) is 0 Å². The van der Waals surface area contributed by atoms with Crippen LogP contribution in [0.1, 0.15) is 19.8 Å². The lowest BCUT2D eigenvalue weighted by molar-refractivity contribution is -0.127. The molecule has 6 heteroatoms. The summed E-state index contributed by atoms with van der Waals surface area (Å²) >= 11 is 0. The highest BCUT2D eigenvalue weighted by atomic mass is 16.2. The molecule has 2 rings (SSSR count). The molecule has 1 saturated heterocycles. The average Bonchev–Trinajstić information content (AvgIpc) is 2.69. The largest absolute Gasteiger partial charge is 0.358 e. The Hall–Kier alpha value is -1.85. The van der Waals surface area contributed by atoms with Crippen LogP contribution < -0.4 is 10.6 Å². The van der Waals surface area contributed by atoms with Crippen molar-refractivity contribution in [3.63, 3.8) is 0 Å². The van der Waals surface area contributed by atoms with Gasteiger partial charge in [0.25, 0.3) is 0 Å². The van der Waals surface area contributed by atoms with E-state index >= 15 is 0 Å². The molecule has 0 saturated carbocycles. The molecule has 1 aliphatic heterocycles. The summed E-state index contributed by atoms with van der Waals surface area (Å²) in [6.07, 6.45) is 3.53. The lowest BCUT2D eigenvalue weighted by Crippen LogP contribution is -2.31. The van der Waals surface area contributed by atoms with Crippen molar-refractivity contribution < 1.29 is 4.79 Å². The number of likely N-dealkylation sites (tertiary alicyclic amines) is 1. The van der Waals surface area contributed by atoms with E-state index in [-0.39, 0.29) is 11.9 Å². The van der Waals surface area contributed by atoms with E-state index < -0.39 is 0 Å². The van der Waals surface area contributed by atoms with Gasteiger partial charge in [-0.25, -0.2) is 4.98 Å². The fourth-order valence-electron chi connectivity index (χ4n) is 1.90. The second-order valence-corrected chi connectivity index (χ2v) is 4.44. The quantitative estimate of drug-likeness (QED) is 0.812. The van der Waals surface area contributed by atoms with Gasteiger partial charge in [0.15, 0.2) is 0 Å². The van der Waals surface area contributed by atoms with Gasteiger partial charge < -0.3 is 15.5 Å². The summed E-state index contributed by atoms with van der Waals surface area (Å²) < 4.78 is 0. The minimum absolute atomic E-state index is 0.122. The van der Waals surface area contributed by atoms with Crippen LogP contribution in [0.15, 0.2) is 12.3 Å². The zero-order valence-electron chi connectivity index (χ0n) is 10.8. The molecule has 1 unspecified atom stereocenters. The molecule has 0 aliphatic carbocycles. The first kappa shape index (κ1) is 12.6. The number of nitrogens with one attached hydrogen (secondary N) is 2. The van der Waals surface area contributed by atoms with E-state index in [9.17, 15) is 4.79 Å². The molecule has 0 bridgehead atoms. The van der Waals surface area contributed by atoms with Gasteiger partial charge in [0.05, 0.1) is 0 Å². The van der Waals surface area contributed by atoms with Crippen LogP contribution in [0.25, 0.3) is 0 Å². The van der Waals surface area contributed by atoms with E-state index in [0.717, 1.165) is 25.9 Å². The van der Waals surface area contributed by atoms with Crippen molar-refractivity contribution in [2.24, 2.45) is 0 Å². The summed E-state index contributed by atoms with van der Waals surface area (Å²) in [6, 6.07) is 1.62. The van der Waals surface area contributed by atoms with Gasteiger partial charge in [-0.1, -0.05) is 6.92 Å². The smallest absolute Gasteiger partial charge is 0.244 e. The number of nitrogens with zero attached hydrogens (tertiary/aromatic N) is 3. The van der Waals surface area contributed by atoms with Crippen molar-refractivity contribution >= 4 is 17.7 Å². The number of aromatic nitrogens is 2. The maximum Gasteiger partial charge on any atom is 0.244 e. The van der Waals surface area contributed by atoms with Gasteiger partial charge in [0, 0.05) is 26.3 Å². The highest BCUT2D eigenvalue weighted by Crippen LogP contribution is 2.14. The van der Waals surface area contributed by atoms with Crippen LogP contribution >= 0.6 is 0 Å². The monoisotopic (exact) mass is 249 g/mol. The van der Waals surface area contributed by atoms with Crippen LogP contribution in [0.2, 0.25) is 0 Å². The van der Waals surface area contributed by atoms with Crippen molar-refractivity contribution in [2.45, 2.75) is 25.8 Å². The Kier molecular flexibility index (Phi) is 3.96. The van der Waals surface area contributed by atoms with Crippen molar-refractivity contribution in [1.29, 1.82) is 0 Å². The van der Waals surface area contributed by atoms with Crippen LogP contribution in [0.3, 0.4) is 0 Å². The molecule has 1 aromatic heterocycles. The first-order valence-electron chi connectivity index (χ1n) is 6.29. The van der Waals surface area contributed by atoms with Crippen molar-refractivity contribution in [1.82, 2.24) is 14.9 Å². The third kappa shape index (κ3) is 2.88. The van der Waals surface area contributed by atoms with Gasteiger partial charge in [-0.2, -0.15) is 4.98 Å². The summed E-state index contributed by atoms with van der Waals surface area (Å²) in [5.74, 6) is 1.41. The van der Waals surface area contributed by atoms with Crippen LogP contribution in [-0.4, -0.2) is 47.0 Å². The Balaban J connectivity index is 1.99. The SMILES string of the molecule is CCCNc1nccc(NC2CCN(C)C2=O)n1. The Labute approximate surface area is 107 Å². The number of rotatable bonds is 5. The van der Waals surface area contributed by atoms with Gasteiger partial charge in [-0.05, 0) is 18.9 Å². The first-order valence-corrected chi connectivity index (χ1v) is 6.29. The Morgan fingerprint density at radius 2 is 2.39 bits per heavy atom. The summed E-state index contributed by atoms with van der Waals surface area (Å²) in [5, 5.41) is 6.28. The second kappa shape index (κ2) is 5.66. The molecule has 1 amide bonds. The molecule has 2 N–H and O–H groups in total. The van der Waals surface area contributed by atoms with E-state index in [0.29, 0.717) is 11.8 Å². The lowest BCUT2D eigenvalue weighted by atomic mass is 10.2. The third-order valence-electron chi connectivity index (χ3n) is 2.94.